The second-order valence-corrected chi connectivity index (χ2v) is 3.38. The minimum Gasteiger partial charge on any atom is -0.317 e. The third kappa shape index (κ3) is 2.37. The largest absolute Gasteiger partial charge is 0.391 e. The summed E-state index contributed by atoms with van der Waals surface area (Å²) in [5.41, 5.74) is 0. The Bertz CT molecular complexity index is 136. The summed E-state index contributed by atoms with van der Waals surface area (Å²) < 4.78 is 36.5. The van der Waals surface area contributed by atoms with Crippen molar-refractivity contribution in [3.8, 4) is 0 Å². The summed E-state index contributed by atoms with van der Waals surface area (Å²) in [4.78, 5) is 0. The normalized spacial score (nSPS) is 32.0. The maximum Gasteiger partial charge on any atom is 0.391 e. The Labute approximate surface area is 70.3 Å². The Morgan fingerprint density at radius 2 is 1.58 bits per heavy atom. The Kier molecular flexibility index (Phi) is 2.99. The van der Waals surface area contributed by atoms with Crippen LogP contribution in [-0.4, -0.2) is 19.3 Å². The predicted octanol–water partition coefficient (Wildman–Crippen LogP) is 2.33. The highest BCUT2D eigenvalue weighted by molar-refractivity contribution is 4.79. The van der Waals surface area contributed by atoms with Gasteiger partial charge in [-0.1, -0.05) is 0 Å². The lowest BCUT2D eigenvalue weighted by molar-refractivity contribution is -0.182. The molecule has 0 aliphatic heterocycles. The summed E-state index contributed by atoms with van der Waals surface area (Å²) in [7, 11) is 1.80. The van der Waals surface area contributed by atoms with Gasteiger partial charge in [-0.25, -0.2) is 0 Å². The molecule has 1 saturated carbocycles. The summed E-state index contributed by atoms with van der Waals surface area (Å²) in [5, 5.41) is 3.01. The molecule has 0 heterocycles. The van der Waals surface area contributed by atoms with Crippen molar-refractivity contribution in [3.05, 3.63) is 0 Å². The summed E-state index contributed by atoms with van der Waals surface area (Å²) in [6.45, 7) is 0. The Balaban J connectivity index is 2.36. The molecule has 0 atom stereocenters. The van der Waals surface area contributed by atoms with E-state index < -0.39 is 12.1 Å². The van der Waals surface area contributed by atoms with E-state index in [2.05, 4.69) is 5.32 Å². The second kappa shape index (κ2) is 3.64. The van der Waals surface area contributed by atoms with Crippen LogP contribution in [0.3, 0.4) is 0 Å². The van der Waals surface area contributed by atoms with Crippen molar-refractivity contribution >= 4 is 0 Å². The van der Waals surface area contributed by atoms with Gasteiger partial charge in [-0.2, -0.15) is 13.2 Å². The van der Waals surface area contributed by atoms with Crippen molar-refractivity contribution < 1.29 is 13.2 Å². The fourth-order valence-electron chi connectivity index (χ4n) is 1.71. The SMILES string of the molecule is CN[C@H]1CC[C@H](C(F)(F)F)CC1. The zero-order chi connectivity index (χ0) is 9.19. The van der Waals surface area contributed by atoms with Crippen LogP contribution in [0.2, 0.25) is 0 Å². The summed E-state index contributed by atoms with van der Waals surface area (Å²) in [5.74, 6) is -1.05. The molecule has 1 nitrogen and oxygen atoms in total. The Hall–Kier alpha value is -0.250. The van der Waals surface area contributed by atoms with Gasteiger partial charge in [-0.3, -0.25) is 0 Å². The van der Waals surface area contributed by atoms with Crippen molar-refractivity contribution in [2.45, 2.75) is 37.9 Å². The van der Waals surface area contributed by atoms with E-state index in [-0.39, 0.29) is 12.8 Å². The van der Waals surface area contributed by atoms with E-state index in [0.29, 0.717) is 18.9 Å². The molecule has 0 aromatic carbocycles. The fraction of sp³-hybridized carbons (Fsp3) is 1.00. The standard InChI is InChI=1S/C8H14F3N/c1-12-7-4-2-6(3-5-7)8(9,10)11/h6-7,12H,2-5H2,1H3/t6-,7-. The van der Waals surface area contributed by atoms with Crippen LogP contribution in [0.4, 0.5) is 13.2 Å². The topological polar surface area (TPSA) is 12.0 Å². The first kappa shape index (κ1) is 9.84. The van der Waals surface area contributed by atoms with E-state index >= 15 is 0 Å². The molecule has 0 aromatic heterocycles. The van der Waals surface area contributed by atoms with Crippen LogP contribution in [0.1, 0.15) is 25.7 Å². The van der Waals surface area contributed by atoms with Crippen LogP contribution in [0.5, 0.6) is 0 Å². The molecule has 0 bridgehead atoms. The van der Waals surface area contributed by atoms with Gasteiger partial charge in [0, 0.05) is 6.04 Å². The number of alkyl halides is 3. The highest BCUT2D eigenvalue weighted by atomic mass is 19.4. The molecule has 0 amide bonds. The monoisotopic (exact) mass is 181 g/mol. The second-order valence-electron chi connectivity index (χ2n) is 3.38. The third-order valence-electron chi connectivity index (χ3n) is 2.60. The molecule has 1 fully saturated rings. The molecule has 4 heteroatoms. The lowest BCUT2D eigenvalue weighted by Crippen LogP contribution is -2.35. The van der Waals surface area contributed by atoms with Crippen molar-refractivity contribution in [3.63, 3.8) is 0 Å². The summed E-state index contributed by atoms with van der Waals surface area (Å²) in [6, 6.07) is 0.295. The van der Waals surface area contributed by atoms with Crippen molar-refractivity contribution in [2.24, 2.45) is 5.92 Å². The zero-order valence-corrected chi connectivity index (χ0v) is 7.12. The van der Waals surface area contributed by atoms with Gasteiger partial charge in [-0.15, -0.1) is 0 Å². The van der Waals surface area contributed by atoms with Gasteiger partial charge in [0.15, 0.2) is 0 Å². The maximum absolute atomic E-state index is 12.2. The van der Waals surface area contributed by atoms with Crippen LogP contribution < -0.4 is 5.32 Å². The molecule has 1 N–H and O–H groups in total. The maximum atomic E-state index is 12.2. The molecule has 1 aliphatic rings. The van der Waals surface area contributed by atoms with Crippen LogP contribution >= 0.6 is 0 Å². The average molecular weight is 181 g/mol. The van der Waals surface area contributed by atoms with Crippen molar-refractivity contribution in [1.29, 1.82) is 0 Å². The molecule has 0 unspecified atom stereocenters. The molecule has 1 aliphatic carbocycles. The molecule has 0 saturated heterocycles. The molecular weight excluding hydrogens is 167 g/mol. The molecule has 12 heavy (non-hydrogen) atoms. The van der Waals surface area contributed by atoms with Gasteiger partial charge in [0.2, 0.25) is 0 Å². The minimum atomic E-state index is -3.97. The van der Waals surface area contributed by atoms with Crippen LogP contribution in [0, 0.1) is 5.92 Å². The van der Waals surface area contributed by atoms with E-state index in [1.165, 1.54) is 0 Å². The summed E-state index contributed by atoms with van der Waals surface area (Å²) >= 11 is 0. The highest BCUT2D eigenvalue weighted by Crippen LogP contribution is 2.37. The zero-order valence-electron chi connectivity index (χ0n) is 7.12. The first-order chi connectivity index (χ1) is 5.54. The first-order valence-electron chi connectivity index (χ1n) is 4.28. The minimum absolute atomic E-state index is 0.287. The smallest absolute Gasteiger partial charge is 0.317 e. The van der Waals surface area contributed by atoms with Gasteiger partial charge < -0.3 is 5.32 Å². The number of hydrogen-bond acceptors (Lipinski definition) is 1. The quantitative estimate of drug-likeness (QED) is 0.654. The van der Waals surface area contributed by atoms with Crippen LogP contribution in [0.15, 0.2) is 0 Å². The number of nitrogens with one attached hydrogen (secondary N) is 1. The van der Waals surface area contributed by atoms with Crippen molar-refractivity contribution in [2.75, 3.05) is 7.05 Å². The van der Waals surface area contributed by atoms with E-state index in [0.717, 1.165) is 0 Å². The predicted molar refractivity (Wildman–Crippen MR) is 40.9 cm³/mol. The highest BCUT2D eigenvalue weighted by Gasteiger charge is 2.40. The lowest BCUT2D eigenvalue weighted by Gasteiger charge is -2.29. The fourth-order valence-corrected chi connectivity index (χ4v) is 1.71. The number of hydrogen-bond donors (Lipinski definition) is 1. The Morgan fingerprint density at radius 1 is 1.08 bits per heavy atom. The van der Waals surface area contributed by atoms with Crippen LogP contribution in [0.25, 0.3) is 0 Å². The van der Waals surface area contributed by atoms with Gasteiger partial charge in [0.25, 0.3) is 0 Å². The molecular formula is C8H14F3N. The Morgan fingerprint density at radius 3 is 1.92 bits per heavy atom. The molecule has 0 spiro atoms. The molecule has 1 rings (SSSR count). The van der Waals surface area contributed by atoms with Gasteiger partial charge in [-0.05, 0) is 32.7 Å². The number of rotatable bonds is 1. The third-order valence-corrected chi connectivity index (χ3v) is 2.60. The molecule has 0 radical (unpaired) electrons. The van der Waals surface area contributed by atoms with E-state index in [4.69, 9.17) is 0 Å². The number of halogens is 3. The van der Waals surface area contributed by atoms with Crippen molar-refractivity contribution in [1.82, 2.24) is 5.32 Å². The van der Waals surface area contributed by atoms with E-state index in [1.807, 2.05) is 0 Å². The van der Waals surface area contributed by atoms with E-state index in [1.54, 1.807) is 7.05 Å². The lowest BCUT2D eigenvalue weighted by atomic mass is 9.86. The average Bonchev–Trinajstić information content (AvgIpc) is 2.03. The van der Waals surface area contributed by atoms with Gasteiger partial charge in [0.1, 0.15) is 0 Å². The summed E-state index contributed by atoms with van der Waals surface area (Å²) in [6.07, 6.45) is -2.09. The van der Waals surface area contributed by atoms with Gasteiger partial charge in [0.05, 0.1) is 5.92 Å². The van der Waals surface area contributed by atoms with Crippen LogP contribution in [-0.2, 0) is 0 Å². The first-order valence-corrected chi connectivity index (χ1v) is 4.28. The molecule has 72 valence electrons. The van der Waals surface area contributed by atoms with E-state index in [9.17, 15) is 13.2 Å². The van der Waals surface area contributed by atoms with Gasteiger partial charge >= 0.3 is 6.18 Å². The molecule has 0 aromatic rings.